The lowest BCUT2D eigenvalue weighted by molar-refractivity contribution is -0.238. The van der Waals surface area contributed by atoms with E-state index in [9.17, 15) is 19.8 Å². The Morgan fingerprint density at radius 3 is 1.00 bits per heavy atom. The Morgan fingerprint density at radius 1 is 0.466 bits per heavy atom. The molecule has 4 rings (SSSR count). The van der Waals surface area contributed by atoms with Crippen LogP contribution in [0.3, 0.4) is 0 Å². The van der Waals surface area contributed by atoms with Crippen molar-refractivity contribution in [1.29, 1.82) is 0 Å². The maximum Gasteiger partial charge on any atom is 0.339 e. The van der Waals surface area contributed by atoms with Crippen molar-refractivity contribution in [3.05, 3.63) is 70.8 Å². The Bertz CT molecular complexity index is 1310. The Morgan fingerprint density at radius 2 is 0.741 bits per heavy atom. The first-order valence-corrected chi connectivity index (χ1v) is 24.1. The summed E-state index contributed by atoms with van der Waals surface area (Å²) in [6, 6.07) is 16.3. The number of hydrogen-bond donors (Lipinski definition) is 2. The van der Waals surface area contributed by atoms with Crippen molar-refractivity contribution in [2.24, 2.45) is 23.7 Å². The molecule has 0 unspecified atom stereocenters. The van der Waals surface area contributed by atoms with Crippen molar-refractivity contribution in [2.45, 2.75) is 219 Å². The highest BCUT2D eigenvalue weighted by atomic mass is 16.6. The summed E-state index contributed by atoms with van der Waals surface area (Å²) >= 11 is 0. The van der Waals surface area contributed by atoms with Crippen LogP contribution < -0.4 is 0 Å². The summed E-state index contributed by atoms with van der Waals surface area (Å²) in [5.74, 6) is 1.07. The smallest absolute Gasteiger partial charge is 0.339 e. The van der Waals surface area contributed by atoms with Crippen LogP contribution >= 0.6 is 0 Å². The molecular formula is C52H82O6. The van der Waals surface area contributed by atoms with Crippen molar-refractivity contribution in [3.63, 3.8) is 0 Å². The van der Waals surface area contributed by atoms with Gasteiger partial charge in [0.2, 0.25) is 11.2 Å². The van der Waals surface area contributed by atoms with Crippen LogP contribution in [0.15, 0.2) is 48.5 Å². The van der Waals surface area contributed by atoms with Gasteiger partial charge < -0.3 is 19.7 Å². The van der Waals surface area contributed by atoms with E-state index in [4.69, 9.17) is 9.47 Å². The molecule has 2 aromatic rings. The molecule has 2 aliphatic rings. The predicted molar refractivity (Wildman–Crippen MR) is 238 cm³/mol. The summed E-state index contributed by atoms with van der Waals surface area (Å²) in [4.78, 5) is 26.1. The van der Waals surface area contributed by atoms with Crippen LogP contribution in [0.2, 0.25) is 0 Å². The summed E-state index contributed by atoms with van der Waals surface area (Å²) in [6.07, 6.45) is 31.8. The first-order chi connectivity index (χ1) is 28.2. The molecule has 0 spiro atoms. The third-order valence-corrected chi connectivity index (χ3v) is 14.4. The molecule has 0 radical (unpaired) electrons. The van der Waals surface area contributed by atoms with Gasteiger partial charge in [-0.2, -0.15) is 0 Å². The SMILES string of the molecule is CCCCC[C@H]1CC[C@H](CCCCc2ccc(CO[C@@](CC)(C(=O)O)[C@@](CC)(OCc3ccc(CCCC[C@H]4CC[C@H](CCCCC)CC4)cc3)C(=O)O)cc2)CC1. The van der Waals surface area contributed by atoms with Gasteiger partial charge in [0.15, 0.2) is 0 Å². The lowest BCUT2D eigenvalue weighted by Crippen LogP contribution is -2.65. The lowest BCUT2D eigenvalue weighted by atomic mass is 9.77. The highest BCUT2D eigenvalue weighted by Gasteiger charge is 2.62. The maximum absolute atomic E-state index is 13.0. The standard InChI is InChI=1S/C52H82O6/c1-5-9-11-17-41-23-27-43(28-24-41)19-13-15-21-45-31-35-47(36-32-45)39-57-51(7-3,49(53)54)52(8-4,50(55)56)58-40-48-37-33-46(34-38-48)22-16-14-20-44-29-25-42(26-30-44)18-12-10-6-2/h31-38,41-44H,5-30,39-40H2,1-4H3,(H,53,54)(H,55,56)/t41-,42-,43-,44-,51-,52-/m0/s1. The first-order valence-electron chi connectivity index (χ1n) is 24.1. The van der Waals surface area contributed by atoms with Crippen LogP contribution in [0.4, 0.5) is 0 Å². The quantitative estimate of drug-likeness (QED) is 0.0796. The van der Waals surface area contributed by atoms with Crippen molar-refractivity contribution >= 4 is 11.9 Å². The third-order valence-electron chi connectivity index (χ3n) is 14.4. The lowest BCUT2D eigenvalue weighted by Gasteiger charge is -2.43. The van der Waals surface area contributed by atoms with Crippen molar-refractivity contribution in [1.82, 2.24) is 0 Å². The highest BCUT2D eigenvalue weighted by molar-refractivity contribution is 5.91. The minimum atomic E-state index is -2.07. The third kappa shape index (κ3) is 14.5. The van der Waals surface area contributed by atoms with Crippen LogP contribution in [-0.4, -0.2) is 33.4 Å². The van der Waals surface area contributed by atoms with E-state index in [-0.39, 0.29) is 26.1 Å². The van der Waals surface area contributed by atoms with E-state index in [0.29, 0.717) is 0 Å². The number of aryl methyl sites for hydroxylation is 2. The number of carboxylic acid groups (broad SMARTS) is 2. The summed E-state index contributed by atoms with van der Waals surface area (Å²) in [6.45, 7) is 7.87. The zero-order chi connectivity index (χ0) is 41.6. The minimum Gasteiger partial charge on any atom is -0.479 e. The summed E-state index contributed by atoms with van der Waals surface area (Å²) in [7, 11) is 0. The van der Waals surface area contributed by atoms with Crippen LogP contribution in [0, 0.1) is 23.7 Å². The second-order valence-corrected chi connectivity index (χ2v) is 18.4. The number of rotatable bonds is 29. The molecule has 58 heavy (non-hydrogen) atoms. The molecule has 0 saturated heterocycles. The monoisotopic (exact) mass is 803 g/mol. The van der Waals surface area contributed by atoms with Crippen molar-refractivity contribution < 1.29 is 29.3 Å². The van der Waals surface area contributed by atoms with E-state index in [1.807, 2.05) is 24.3 Å². The van der Waals surface area contributed by atoms with E-state index in [1.165, 1.54) is 152 Å². The number of carbonyl (C=O) groups is 2. The number of unbranched alkanes of at least 4 members (excludes halogenated alkanes) is 6. The topological polar surface area (TPSA) is 93.1 Å². The molecule has 0 amide bonds. The molecule has 2 saturated carbocycles. The van der Waals surface area contributed by atoms with Gasteiger partial charge >= 0.3 is 11.9 Å². The molecule has 2 atom stereocenters. The second kappa shape index (κ2) is 25.8. The molecule has 2 fully saturated rings. The average Bonchev–Trinajstić information content (AvgIpc) is 3.24. The van der Waals surface area contributed by atoms with E-state index < -0.39 is 23.1 Å². The fraction of sp³-hybridized carbons (Fsp3) is 0.731. The van der Waals surface area contributed by atoms with E-state index in [0.717, 1.165) is 47.6 Å². The molecule has 2 aromatic carbocycles. The largest absolute Gasteiger partial charge is 0.479 e. The van der Waals surface area contributed by atoms with Crippen molar-refractivity contribution in [2.75, 3.05) is 0 Å². The van der Waals surface area contributed by atoms with Gasteiger partial charge in [0, 0.05) is 0 Å². The minimum absolute atomic E-state index is 0.0189. The van der Waals surface area contributed by atoms with Gasteiger partial charge in [0.25, 0.3) is 0 Å². The summed E-state index contributed by atoms with van der Waals surface area (Å²) in [5.41, 5.74) is 0.00217. The molecule has 6 heteroatoms. The summed E-state index contributed by atoms with van der Waals surface area (Å²) < 4.78 is 12.4. The summed E-state index contributed by atoms with van der Waals surface area (Å²) in [5, 5.41) is 21.3. The van der Waals surface area contributed by atoms with E-state index in [2.05, 4.69) is 38.1 Å². The van der Waals surface area contributed by atoms with Crippen LogP contribution in [-0.2, 0) is 45.1 Å². The van der Waals surface area contributed by atoms with Gasteiger partial charge in [0.05, 0.1) is 13.2 Å². The molecule has 0 bridgehead atoms. The Balaban J connectivity index is 1.22. The Kier molecular flexibility index (Phi) is 21.4. The predicted octanol–water partition coefficient (Wildman–Crippen LogP) is 14.1. The number of ether oxygens (including phenoxy) is 2. The number of hydrogen-bond acceptors (Lipinski definition) is 4. The van der Waals surface area contributed by atoms with Crippen LogP contribution in [0.5, 0.6) is 0 Å². The van der Waals surface area contributed by atoms with Gasteiger partial charge in [0.1, 0.15) is 0 Å². The molecular weight excluding hydrogens is 721 g/mol. The Hall–Kier alpha value is -2.70. The highest BCUT2D eigenvalue weighted by Crippen LogP contribution is 2.40. The average molecular weight is 803 g/mol. The second-order valence-electron chi connectivity index (χ2n) is 18.4. The number of aliphatic carboxylic acids is 2. The zero-order valence-corrected chi connectivity index (χ0v) is 37.3. The molecule has 326 valence electrons. The number of carboxylic acids is 2. The van der Waals surface area contributed by atoms with Gasteiger partial charge in [-0.25, -0.2) is 9.59 Å². The molecule has 0 aliphatic heterocycles. The molecule has 2 N–H and O–H groups in total. The van der Waals surface area contributed by atoms with E-state index in [1.54, 1.807) is 13.8 Å². The van der Waals surface area contributed by atoms with Gasteiger partial charge in [-0.3, -0.25) is 0 Å². The molecule has 6 nitrogen and oxygen atoms in total. The van der Waals surface area contributed by atoms with Gasteiger partial charge in [-0.15, -0.1) is 0 Å². The fourth-order valence-corrected chi connectivity index (χ4v) is 10.3. The number of benzene rings is 2. The van der Waals surface area contributed by atoms with Crippen molar-refractivity contribution in [3.8, 4) is 0 Å². The van der Waals surface area contributed by atoms with Crippen LogP contribution in [0.1, 0.15) is 204 Å². The first kappa shape index (κ1) is 48.0. The fourth-order valence-electron chi connectivity index (χ4n) is 10.3. The molecule has 0 aromatic heterocycles. The van der Waals surface area contributed by atoms with Gasteiger partial charge in [-0.05, 0) is 84.5 Å². The maximum atomic E-state index is 13.0. The van der Waals surface area contributed by atoms with Gasteiger partial charge in [-0.1, -0.05) is 205 Å². The molecule has 0 heterocycles. The normalized spacial score (nSPS) is 21.9. The molecule has 2 aliphatic carbocycles. The van der Waals surface area contributed by atoms with Crippen LogP contribution in [0.25, 0.3) is 0 Å². The zero-order valence-electron chi connectivity index (χ0n) is 37.3. The Labute approximate surface area is 353 Å². The van der Waals surface area contributed by atoms with E-state index >= 15 is 0 Å².